The van der Waals surface area contributed by atoms with Crippen molar-refractivity contribution < 1.29 is 13.2 Å². The highest BCUT2D eigenvalue weighted by Crippen LogP contribution is 2.39. The van der Waals surface area contributed by atoms with Crippen LogP contribution in [0.15, 0.2) is 115 Å². The van der Waals surface area contributed by atoms with Gasteiger partial charge in [-0.3, -0.25) is 4.98 Å². The Morgan fingerprint density at radius 2 is 1.43 bits per heavy atom. The van der Waals surface area contributed by atoms with Gasteiger partial charge in [0.25, 0.3) is 0 Å². The Bertz CT molecular complexity index is 1880. The molecule has 0 saturated carbocycles. The van der Waals surface area contributed by atoms with Gasteiger partial charge in [-0.05, 0) is 63.9 Å². The normalized spacial score (nSPS) is 11.6. The monoisotopic (exact) mass is 561 g/mol. The van der Waals surface area contributed by atoms with E-state index in [2.05, 4.69) is 39.5 Å². The first-order valence-electron chi connectivity index (χ1n) is 13.8. The van der Waals surface area contributed by atoms with Crippen LogP contribution >= 0.6 is 0 Å². The summed E-state index contributed by atoms with van der Waals surface area (Å²) >= 11 is 0. The van der Waals surface area contributed by atoms with E-state index in [-0.39, 0.29) is 5.52 Å². The number of halogens is 3. The third-order valence-electron chi connectivity index (χ3n) is 7.63. The fraction of sp³-hybridized carbons (Fsp3) is 0.139. The minimum Gasteiger partial charge on any atom is -0.381 e. The number of hydrogen-bond acceptors (Lipinski definition) is 3. The van der Waals surface area contributed by atoms with Crippen molar-refractivity contribution in [3.05, 3.63) is 138 Å². The zero-order chi connectivity index (χ0) is 29.3. The van der Waals surface area contributed by atoms with Crippen LogP contribution in [0.3, 0.4) is 0 Å². The van der Waals surface area contributed by atoms with E-state index in [1.807, 2.05) is 80.8 Å². The molecule has 0 saturated heterocycles. The molecule has 0 aliphatic rings. The molecule has 1 N–H and O–H groups in total. The van der Waals surface area contributed by atoms with E-state index >= 15 is 0 Å². The number of para-hydroxylation sites is 1. The number of aromatic nitrogens is 1. The predicted molar refractivity (Wildman–Crippen MR) is 167 cm³/mol. The molecule has 210 valence electrons. The molecule has 0 spiro atoms. The fourth-order valence-corrected chi connectivity index (χ4v) is 5.66. The van der Waals surface area contributed by atoms with Gasteiger partial charge in [0, 0.05) is 49.0 Å². The maximum Gasteiger partial charge on any atom is 0.418 e. The van der Waals surface area contributed by atoms with Crippen molar-refractivity contribution in [1.82, 2.24) is 4.98 Å². The number of alkyl halides is 3. The summed E-state index contributed by atoms with van der Waals surface area (Å²) in [7, 11) is 4.08. The molecule has 0 aliphatic carbocycles. The summed E-state index contributed by atoms with van der Waals surface area (Å²) in [5, 5.41) is 6.41. The summed E-state index contributed by atoms with van der Waals surface area (Å²) in [5.41, 5.74) is 5.98. The Morgan fingerprint density at radius 3 is 2.19 bits per heavy atom. The molecule has 0 atom stereocenters. The van der Waals surface area contributed by atoms with Crippen LogP contribution in [-0.2, 0) is 19.1 Å². The topological polar surface area (TPSA) is 28.2 Å². The summed E-state index contributed by atoms with van der Waals surface area (Å²) in [6, 6.07) is 34.7. The van der Waals surface area contributed by atoms with Gasteiger partial charge in [0.05, 0.1) is 11.1 Å². The Balaban J connectivity index is 1.41. The van der Waals surface area contributed by atoms with Crippen LogP contribution in [0.25, 0.3) is 32.8 Å². The summed E-state index contributed by atoms with van der Waals surface area (Å²) in [5.74, 6) is 0. The van der Waals surface area contributed by atoms with Gasteiger partial charge in [-0.25, -0.2) is 0 Å². The third-order valence-corrected chi connectivity index (χ3v) is 7.63. The highest BCUT2D eigenvalue weighted by atomic mass is 19.4. The number of nitrogens with zero attached hydrogens (tertiary/aromatic N) is 2. The van der Waals surface area contributed by atoms with Crippen molar-refractivity contribution in [1.29, 1.82) is 0 Å². The minimum absolute atomic E-state index is 0.0392. The Labute approximate surface area is 243 Å². The molecule has 6 heteroatoms. The first-order valence-corrected chi connectivity index (χ1v) is 13.8. The molecular weight excluding hydrogens is 531 g/mol. The number of fused-ring (bicyclic) bond motifs is 2. The highest BCUT2D eigenvalue weighted by molar-refractivity contribution is 5.99. The van der Waals surface area contributed by atoms with Crippen LogP contribution in [-0.4, -0.2) is 19.1 Å². The molecule has 1 heterocycles. The van der Waals surface area contributed by atoms with Crippen molar-refractivity contribution >= 4 is 33.1 Å². The standard InChI is InChI=1S/C36H30F3N3/c1-42(2)33-19-18-26(29-14-6-7-15-30(29)33)22-40-28-13-8-12-25(21-28)34-27(20-24-10-4-3-5-11-24)23-41-35-31(34)16-9-17-32(35)36(37,38)39/h3-19,21,23,40H,20,22H2,1-2H3. The number of rotatable bonds is 7. The molecule has 0 bridgehead atoms. The number of hydrogen-bond donors (Lipinski definition) is 1. The van der Waals surface area contributed by atoms with Gasteiger partial charge in [0.15, 0.2) is 0 Å². The van der Waals surface area contributed by atoms with Gasteiger partial charge < -0.3 is 10.2 Å². The predicted octanol–water partition coefficient (Wildman–Crippen LogP) is 9.34. The molecular formula is C36H30F3N3. The van der Waals surface area contributed by atoms with Crippen LogP contribution in [0.5, 0.6) is 0 Å². The Morgan fingerprint density at radius 1 is 0.714 bits per heavy atom. The SMILES string of the molecule is CN(C)c1ccc(CNc2cccc(-c3c(Cc4ccccc4)cnc4c(C(F)(F)F)cccc34)c2)c2ccccc12. The summed E-state index contributed by atoms with van der Waals surface area (Å²) in [6.45, 7) is 0.601. The number of benzene rings is 5. The van der Waals surface area contributed by atoms with Crippen LogP contribution in [0.2, 0.25) is 0 Å². The lowest BCUT2D eigenvalue weighted by Gasteiger charge is -2.19. The Hall–Kier alpha value is -4.84. The van der Waals surface area contributed by atoms with Gasteiger partial charge in [-0.1, -0.05) is 84.9 Å². The maximum atomic E-state index is 14.0. The second-order valence-electron chi connectivity index (χ2n) is 10.6. The molecule has 0 radical (unpaired) electrons. The second-order valence-corrected chi connectivity index (χ2v) is 10.6. The lowest BCUT2D eigenvalue weighted by Crippen LogP contribution is -2.10. The third kappa shape index (κ3) is 5.40. The number of anilines is 2. The van der Waals surface area contributed by atoms with E-state index in [0.29, 0.717) is 18.4 Å². The van der Waals surface area contributed by atoms with Crippen molar-refractivity contribution in [2.24, 2.45) is 0 Å². The first-order chi connectivity index (χ1) is 20.3. The van der Waals surface area contributed by atoms with Crippen molar-refractivity contribution in [3.8, 4) is 11.1 Å². The quantitative estimate of drug-likeness (QED) is 0.211. The molecule has 5 aromatic carbocycles. The average molecular weight is 562 g/mol. The van der Waals surface area contributed by atoms with E-state index in [0.717, 1.165) is 45.3 Å². The Kier molecular flexibility index (Phi) is 7.29. The first kappa shape index (κ1) is 27.3. The lowest BCUT2D eigenvalue weighted by molar-refractivity contribution is -0.136. The highest BCUT2D eigenvalue weighted by Gasteiger charge is 2.33. The van der Waals surface area contributed by atoms with Crippen molar-refractivity contribution in [2.45, 2.75) is 19.1 Å². The van der Waals surface area contributed by atoms with E-state index in [4.69, 9.17) is 0 Å². The van der Waals surface area contributed by atoms with Crippen molar-refractivity contribution in [3.63, 3.8) is 0 Å². The zero-order valence-corrected chi connectivity index (χ0v) is 23.4. The molecule has 0 amide bonds. The molecule has 0 fully saturated rings. The van der Waals surface area contributed by atoms with Crippen LogP contribution < -0.4 is 10.2 Å². The molecule has 42 heavy (non-hydrogen) atoms. The molecule has 0 aliphatic heterocycles. The van der Waals surface area contributed by atoms with Gasteiger partial charge in [-0.15, -0.1) is 0 Å². The smallest absolute Gasteiger partial charge is 0.381 e. The molecule has 0 unspecified atom stereocenters. The fourth-order valence-electron chi connectivity index (χ4n) is 5.66. The van der Waals surface area contributed by atoms with Gasteiger partial charge in [0.2, 0.25) is 0 Å². The second kappa shape index (κ2) is 11.2. The van der Waals surface area contributed by atoms with Gasteiger partial charge >= 0.3 is 6.18 Å². The summed E-state index contributed by atoms with van der Waals surface area (Å²) in [6.07, 6.45) is -2.35. The van der Waals surface area contributed by atoms with E-state index < -0.39 is 11.7 Å². The molecule has 3 nitrogen and oxygen atoms in total. The molecule has 1 aromatic heterocycles. The van der Waals surface area contributed by atoms with E-state index in [1.165, 1.54) is 16.8 Å². The van der Waals surface area contributed by atoms with Gasteiger partial charge in [0.1, 0.15) is 0 Å². The van der Waals surface area contributed by atoms with Gasteiger partial charge in [-0.2, -0.15) is 13.2 Å². The summed E-state index contributed by atoms with van der Waals surface area (Å²) < 4.78 is 41.9. The van der Waals surface area contributed by atoms with Crippen LogP contribution in [0, 0.1) is 0 Å². The molecule has 6 aromatic rings. The lowest BCUT2D eigenvalue weighted by atomic mass is 9.91. The number of pyridine rings is 1. The van der Waals surface area contributed by atoms with E-state index in [1.54, 1.807) is 12.3 Å². The average Bonchev–Trinajstić information content (AvgIpc) is 2.99. The molecule has 6 rings (SSSR count). The maximum absolute atomic E-state index is 14.0. The number of nitrogens with one attached hydrogen (secondary N) is 1. The summed E-state index contributed by atoms with van der Waals surface area (Å²) in [4.78, 5) is 6.45. The van der Waals surface area contributed by atoms with Crippen LogP contribution in [0.4, 0.5) is 24.5 Å². The largest absolute Gasteiger partial charge is 0.418 e. The van der Waals surface area contributed by atoms with E-state index in [9.17, 15) is 13.2 Å². The minimum atomic E-state index is -4.50. The van der Waals surface area contributed by atoms with Crippen molar-refractivity contribution in [2.75, 3.05) is 24.3 Å². The van der Waals surface area contributed by atoms with Crippen LogP contribution in [0.1, 0.15) is 22.3 Å². The zero-order valence-electron chi connectivity index (χ0n) is 23.4.